The smallest absolute Gasteiger partial charge is 0.440 e. The molecule has 1 fully saturated rings. The molecule has 0 bridgehead atoms. The van der Waals surface area contributed by atoms with Crippen LogP contribution in [0.3, 0.4) is 0 Å². The van der Waals surface area contributed by atoms with Crippen molar-refractivity contribution in [1.29, 1.82) is 0 Å². The third-order valence-corrected chi connectivity index (χ3v) is 4.04. The Bertz CT molecular complexity index is 629. The number of carboxylic acids is 1. The minimum atomic E-state index is -4.65. The Morgan fingerprint density at radius 2 is 2.00 bits per heavy atom. The molecule has 2 N–H and O–H groups in total. The number of unbranched alkanes of at least 4 members (excludes halogenated alkanes) is 1. The summed E-state index contributed by atoms with van der Waals surface area (Å²) >= 11 is 0. The van der Waals surface area contributed by atoms with Crippen molar-refractivity contribution in [3.63, 3.8) is 0 Å². The van der Waals surface area contributed by atoms with Crippen molar-refractivity contribution < 1.29 is 37.7 Å². The number of para-hydroxylation sites is 1. The molecule has 1 aromatic rings. The number of carboxylic acid groups (broad SMARTS) is 1. The highest BCUT2D eigenvalue weighted by Crippen LogP contribution is 2.41. The van der Waals surface area contributed by atoms with Gasteiger partial charge in [0.2, 0.25) is 0 Å². The van der Waals surface area contributed by atoms with E-state index in [1.165, 1.54) is 12.1 Å². The summed E-state index contributed by atoms with van der Waals surface area (Å²) in [5.41, 5.74) is 0.286. The predicted molar refractivity (Wildman–Crippen MR) is 86.5 cm³/mol. The van der Waals surface area contributed by atoms with Gasteiger partial charge in [-0.1, -0.05) is 30.4 Å². The molecule has 1 aliphatic heterocycles. The molecule has 0 saturated carbocycles. The molecular weight excluding hydrogens is 353 g/mol. The second kappa shape index (κ2) is 9.05. The summed E-state index contributed by atoms with van der Waals surface area (Å²) in [5.74, 6) is -1.40. The van der Waals surface area contributed by atoms with Crippen molar-refractivity contribution in [1.82, 2.24) is 0 Å². The SMILES string of the molecule is O=C(O)CCC/C=C/CC1COC(C(F)(F)F)OC1c1ccccc1O. The number of aliphatic carboxylic acids is 1. The van der Waals surface area contributed by atoms with Crippen LogP contribution in [0, 0.1) is 5.92 Å². The van der Waals surface area contributed by atoms with Crippen molar-refractivity contribution in [3.8, 4) is 5.75 Å². The molecular formula is C18H21F3O5. The first kappa shape index (κ1) is 20.3. The number of halogens is 3. The van der Waals surface area contributed by atoms with Gasteiger partial charge in [-0.3, -0.25) is 4.79 Å². The third-order valence-electron chi connectivity index (χ3n) is 4.04. The predicted octanol–water partition coefficient (Wildman–Crippen LogP) is 4.19. The molecule has 1 aromatic carbocycles. The van der Waals surface area contributed by atoms with Gasteiger partial charge in [0.25, 0.3) is 6.29 Å². The first-order valence-electron chi connectivity index (χ1n) is 8.27. The lowest BCUT2D eigenvalue weighted by atomic mass is 9.91. The van der Waals surface area contributed by atoms with Gasteiger partial charge in [-0.2, -0.15) is 13.2 Å². The van der Waals surface area contributed by atoms with Gasteiger partial charge in [0.15, 0.2) is 0 Å². The van der Waals surface area contributed by atoms with E-state index in [1.54, 1.807) is 24.3 Å². The van der Waals surface area contributed by atoms with Crippen LogP contribution in [0.1, 0.15) is 37.4 Å². The second-order valence-corrected chi connectivity index (χ2v) is 6.08. The minimum absolute atomic E-state index is 0.0633. The summed E-state index contributed by atoms with van der Waals surface area (Å²) in [7, 11) is 0. The maximum atomic E-state index is 12.9. The highest BCUT2D eigenvalue weighted by Gasteiger charge is 2.48. The molecule has 3 atom stereocenters. The zero-order valence-corrected chi connectivity index (χ0v) is 14.0. The number of rotatable bonds is 7. The molecule has 0 spiro atoms. The lowest BCUT2D eigenvalue weighted by molar-refractivity contribution is -0.353. The molecule has 3 unspecified atom stereocenters. The van der Waals surface area contributed by atoms with Crippen LogP contribution in [0.5, 0.6) is 5.75 Å². The van der Waals surface area contributed by atoms with Gasteiger partial charge in [-0.15, -0.1) is 0 Å². The maximum Gasteiger partial charge on any atom is 0.440 e. The fraction of sp³-hybridized carbons (Fsp3) is 0.500. The number of ether oxygens (including phenoxy) is 2. The number of benzene rings is 1. The fourth-order valence-corrected chi connectivity index (χ4v) is 2.76. The number of hydrogen-bond donors (Lipinski definition) is 2. The summed E-state index contributed by atoms with van der Waals surface area (Å²) < 4.78 is 48.8. The van der Waals surface area contributed by atoms with Crippen molar-refractivity contribution in [2.45, 2.75) is 44.3 Å². The van der Waals surface area contributed by atoms with Gasteiger partial charge in [0, 0.05) is 17.9 Å². The quantitative estimate of drug-likeness (QED) is 0.553. The van der Waals surface area contributed by atoms with Crippen LogP contribution in [0.4, 0.5) is 13.2 Å². The van der Waals surface area contributed by atoms with Gasteiger partial charge in [0.1, 0.15) is 5.75 Å². The van der Waals surface area contributed by atoms with Crippen LogP contribution < -0.4 is 0 Å². The van der Waals surface area contributed by atoms with Crippen LogP contribution in [0.2, 0.25) is 0 Å². The Kier molecular flexibility index (Phi) is 7.05. The van der Waals surface area contributed by atoms with Crippen LogP contribution in [0.15, 0.2) is 36.4 Å². The maximum absolute atomic E-state index is 12.9. The standard InChI is InChI=1S/C18H21F3O5/c19-18(20,21)17-25-11-12(7-3-1-2-4-10-15(23)24)16(26-17)13-8-5-6-9-14(13)22/h1,3,5-6,8-9,12,16-17,22H,2,4,7,10-11H2,(H,23,24)/b3-1+. The molecule has 2 rings (SSSR count). The molecule has 0 aliphatic carbocycles. The van der Waals surface area contributed by atoms with Crippen molar-refractivity contribution in [2.75, 3.05) is 6.61 Å². The lowest BCUT2D eigenvalue weighted by Gasteiger charge is -2.37. The second-order valence-electron chi connectivity index (χ2n) is 6.08. The first-order valence-corrected chi connectivity index (χ1v) is 8.27. The van der Waals surface area contributed by atoms with E-state index in [-0.39, 0.29) is 24.3 Å². The van der Waals surface area contributed by atoms with Gasteiger partial charge in [0.05, 0.1) is 12.7 Å². The average molecular weight is 374 g/mol. The monoisotopic (exact) mass is 374 g/mol. The highest BCUT2D eigenvalue weighted by atomic mass is 19.4. The van der Waals surface area contributed by atoms with Crippen LogP contribution in [-0.4, -0.2) is 35.3 Å². The molecule has 0 amide bonds. The largest absolute Gasteiger partial charge is 0.508 e. The van der Waals surface area contributed by atoms with Crippen molar-refractivity contribution in [2.24, 2.45) is 5.92 Å². The summed E-state index contributed by atoms with van der Waals surface area (Å²) in [4.78, 5) is 10.5. The Morgan fingerprint density at radius 3 is 2.65 bits per heavy atom. The first-order chi connectivity index (χ1) is 12.3. The Labute approximate surface area is 149 Å². The van der Waals surface area contributed by atoms with Gasteiger partial charge in [-0.05, 0) is 25.3 Å². The van der Waals surface area contributed by atoms with E-state index in [0.29, 0.717) is 19.3 Å². The third kappa shape index (κ3) is 5.74. The molecule has 5 nitrogen and oxygen atoms in total. The minimum Gasteiger partial charge on any atom is -0.508 e. The van der Waals surface area contributed by atoms with E-state index in [0.717, 1.165) is 0 Å². The highest BCUT2D eigenvalue weighted by molar-refractivity contribution is 5.66. The van der Waals surface area contributed by atoms with Crippen molar-refractivity contribution >= 4 is 5.97 Å². The number of carbonyl (C=O) groups is 1. The molecule has 1 heterocycles. The molecule has 1 saturated heterocycles. The summed E-state index contributed by atoms with van der Waals surface area (Å²) in [6.07, 6.45) is -2.87. The summed E-state index contributed by atoms with van der Waals surface area (Å²) in [5, 5.41) is 18.6. The molecule has 26 heavy (non-hydrogen) atoms. The van der Waals surface area contributed by atoms with Gasteiger partial charge in [-0.25, -0.2) is 0 Å². The average Bonchev–Trinajstić information content (AvgIpc) is 2.57. The number of phenols is 1. The van der Waals surface area contributed by atoms with E-state index in [4.69, 9.17) is 14.6 Å². The van der Waals surface area contributed by atoms with E-state index in [2.05, 4.69) is 0 Å². The molecule has 0 radical (unpaired) electrons. The fourth-order valence-electron chi connectivity index (χ4n) is 2.76. The number of allylic oxidation sites excluding steroid dienone is 2. The zero-order chi connectivity index (χ0) is 19.2. The van der Waals surface area contributed by atoms with Gasteiger partial charge >= 0.3 is 12.1 Å². The van der Waals surface area contributed by atoms with Crippen molar-refractivity contribution in [3.05, 3.63) is 42.0 Å². The van der Waals surface area contributed by atoms with Crippen LogP contribution in [-0.2, 0) is 14.3 Å². The Morgan fingerprint density at radius 1 is 1.27 bits per heavy atom. The molecule has 144 valence electrons. The van der Waals surface area contributed by atoms with E-state index in [1.807, 2.05) is 0 Å². The Hall–Kier alpha value is -2.06. The number of phenolic OH excluding ortho intramolecular Hbond substituents is 1. The number of aromatic hydroxyl groups is 1. The lowest BCUT2D eigenvalue weighted by Crippen LogP contribution is -2.43. The molecule has 8 heteroatoms. The van der Waals surface area contributed by atoms with E-state index >= 15 is 0 Å². The summed E-state index contributed by atoms with van der Waals surface area (Å²) in [6, 6.07) is 6.13. The van der Waals surface area contributed by atoms with E-state index < -0.39 is 30.5 Å². The normalized spacial score (nSPS) is 24.0. The van der Waals surface area contributed by atoms with E-state index in [9.17, 15) is 23.1 Å². The number of hydrogen-bond acceptors (Lipinski definition) is 4. The molecule has 0 aromatic heterocycles. The number of alkyl halides is 3. The van der Waals surface area contributed by atoms with Crippen LogP contribution >= 0.6 is 0 Å². The Balaban J connectivity index is 2.05. The zero-order valence-electron chi connectivity index (χ0n) is 14.0. The van der Waals surface area contributed by atoms with Gasteiger partial charge < -0.3 is 19.7 Å². The molecule has 1 aliphatic rings. The summed E-state index contributed by atoms with van der Waals surface area (Å²) in [6.45, 7) is -0.164. The topological polar surface area (TPSA) is 76.0 Å². The van der Waals surface area contributed by atoms with Crippen LogP contribution in [0.25, 0.3) is 0 Å².